The van der Waals surface area contributed by atoms with Crippen molar-refractivity contribution in [2.45, 2.75) is 50.2 Å². The number of carbonyl (C=O) groups is 1. The SMILES string of the molecule is Cc1ccccc1[C@@H]1CCN(C(=O)CS(=O)(=O)C2CCCC2)C1. The molecule has 0 spiro atoms. The molecule has 2 fully saturated rings. The highest BCUT2D eigenvalue weighted by Gasteiger charge is 2.34. The monoisotopic (exact) mass is 335 g/mol. The molecular formula is C18H25NO3S. The van der Waals surface area contributed by atoms with Crippen LogP contribution in [0.1, 0.15) is 49.1 Å². The van der Waals surface area contributed by atoms with Crippen LogP contribution in [0.4, 0.5) is 0 Å². The number of likely N-dealkylation sites (tertiary alicyclic amines) is 1. The summed E-state index contributed by atoms with van der Waals surface area (Å²) in [5.41, 5.74) is 2.52. The summed E-state index contributed by atoms with van der Waals surface area (Å²) in [5, 5.41) is -0.291. The summed E-state index contributed by atoms with van der Waals surface area (Å²) in [7, 11) is -3.28. The van der Waals surface area contributed by atoms with Crippen LogP contribution in [0, 0.1) is 6.92 Å². The third-order valence-corrected chi connectivity index (χ3v) is 7.44. The van der Waals surface area contributed by atoms with E-state index in [0.29, 0.717) is 19.0 Å². The maximum Gasteiger partial charge on any atom is 0.237 e. The second kappa shape index (κ2) is 6.63. The van der Waals surface area contributed by atoms with Gasteiger partial charge in [-0.2, -0.15) is 0 Å². The summed E-state index contributed by atoms with van der Waals surface area (Å²) < 4.78 is 24.7. The molecule has 0 N–H and O–H groups in total. The Bertz CT molecular complexity index is 677. The zero-order chi connectivity index (χ0) is 16.4. The standard InChI is InChI=1S/C18H25NO3S/c1-14-6-2-5-9-17(14)15-10-11-19(12-15)18(20)13-23(21,22)16-7-3-4-8-16/h2,5-6,9,15-16H,3-4,7-8,10-13H2,1H3/t15-/m1/s1. The van der Waals surface area contributed by atoms with Crippen molar-refractivity contribution in [3.05, 3.63) is 35.4 Å². The van der Waals surface area contributed by atoms with Gasteiger partial charge in [-0.05, 0) is 37.3 Å². The topological polar surface area (TPSA) is 54.5 Å². The van der Waals surface area contributed by atoms with E-state index in [1.54, 1.807) is 4.90 Å². The molecule has 3 rings (SSSR count). The van der Waals surface area contributed by atoms with Gasteiger partial charge in [-0.25, -0.2) is 8.42 Å². The molecule has 126 valence electrons. The number of aryl methyl sites for hydroxylation is 1. The molecule has 0 bridgehead atoms. The molecule has 1 saturated carbocycles. The van der Waals surface area contributed by atoms with E-state index in [2.05, 4.69) is 19.1 Å². The van der Waals surface area contributed by atoms with Gasteiger partial charge in [0, 0.05) is 19.0 Å². The van der Waals surface area contributed by atoms with Crippen molar-refractivity contribution in [1.82, 2.24) is 4.90 Å². The van der Waals surface area contributed by atoms with E-state index < -0.39 is 9.84 Å². The van der Waals surface area contributed by atoms with Gasteiger partial charge < -0.3 is 4.90 Å². The first kappa shape index (κ1) is 16.5. The summed E-state index contributed by atoms with van der Waals surface area (Å²) in [6.45, 7) is 3.40. The number of sulfone groups is 1. The van der Waals surface area contributed by atoms with Crippen LogP contribution in [-0.4, -0.2) is 43.3 Å². The third kappa shape index (κ3) is 3.60. The average molecular weight is 335 g/mol. The van der Waals surface area contributed by atoms with Gasteiger partial charge in [0.05, 0.1) is 5.25 Å². The van der Waals surface area contributed by atoms with Crippen LogP contribution >= 0.6 is 0 Å². The third-order valence-electron chi connectivity index (χ3n) is 5.30. The fourth-order valence-corrected chi connectivity index (χ4v) is 5.73. The average Bonchev–Trinajstić information content (AvgIpc) is 3.19. The molecule has 4 nitrogen and oxygen atoms in total. The van der Waals surface area contributed by atoms with Crippen LogP contribution < -0.4 is 0 Å². The number of rotatable bonds is 4. The molecule has 0 radical (unpaired) electrons. The van der Waals surface area contributed by atoms with E-state index in [-0.39, 0.29) is 16.9 Å². The van der Waals surface area contributed by atoms with Gasteiger partial charge in [-0.1, -0.05) is 37.1 Å². The second-order valence-electron chi connectivity index (χ2n) is 6.90. The van der Waals surface area contributed by atoms with Crippen LogP contribution in [0.15, 0.2) is 24.3 Å². The highest BCUT2D eigenvalue weighted by Crippen LogP contribution is 2.30. The highest BCUT2D eigenvalue weighted by molar-refractivity contribution is 7.92. The van der Waals surface area contributed by atoms with Gasteiger partial charge in [0.2, 0.25) is 5.91 Å². The summed E-state index contributed by atoms with van der Waals surface area (Å²) in [6, 6.07) is 8.25. The number of carbonyl (C=O) groups excluding carboxylic acids is 1. The van der Waals surface area contributed by atoms with Crippen molar-refractivity contribution in [3.63, 3.8) is 0 Å². The maximum atomic E-state index is 12.4. The molecule has 1 aromatic carbocycles. The Morgan fingerprint density at radius 3 is 2.57 bits per heavy atom. The number of nitrogens with zero attached hydrogens (tertiary/aromatic N) is 1. The van der Waals surface area contributed by atoms with E-state index in [1.165, 1.54) is 11.1 Å². The van der Waals surface area contributed by atoms with Crippen molar-refractivity contribution in [2.24, 2.45) is 0 Å². The Morgan fingerprint density at radius 1 is 1.17 bits per heavy atom. The van der Waals surface area contributed by atoms with E-state index in [9.17, 15) is 13.2 Å². The van der Waals surface area contributed by atoms with Crippen molar-refractivity contribution in [1.29, 1.82) is 0 Å². The lowest BCUT2D eigenvalue weighted by atomic mass is 9.94. The van der Waals surface area contributed by atoms with Crippen LogP contribution in [0.25, 0.3) is 0 Å². The first-order valence-corrected chi connectivity index (χ1v) is 10.2. The van der Waals surface area contributed by atoms with E-state index in [1.807, 2.05) is 12.1 Å². The minimum Gasteiger partial charge on any atom is -0.341 e. The van der Waals surface area contributed by atoms with Gasteiger partial charge in [0.15, 0.2) is 9.84 Å². The normalized spacial score (nSPS) is 22.7. The Hall–Kier alpha value is -1.36. The van der Waals surface area contributed by atoms with Crippen molar-refractivity contribution in [2.75, 3.05) is 18.8 Å². The van der Waals surface area contributed by atoms with Crippen LogP contribution in [-0.2, 0) is 14.6 Å². The number of hydrogen-bond acceptors (Lipinski definition) is 3. The number of amides is 1. The number of hydrogen-bond donors (Lipinski definition) is 0. The zero-order valence-corrected chi connectivity index (χ0v) is 14.5. The van der Waals surface area contributed by atoms with Gasteiger partial charge in [0.25, 0.3) is 0 Å². The van der Waals surface area contributed by atoms with E-state index >= 15 is 0 Å². The zero-order valence-electron chi connectivity index (χ0n) is 13.7. The largest absolute Gasteiger partial charge is 0.341 e. The molecule has 1 aliphatic carbocycles. The first-order valence-electron chi connectivity index (χ1n) is 8.52. The quantitative estimate of drug-likeness (QED) is 0.850. The number of benzene rings is 1. The summed E-state index contributed by atoms with van der Waals surface area (Å²) in [5.74, 6) is -0.194. The lowest BCUT2D eigenvalue weighted by molar-refractivity contribution is -0.127. The van der Waals surface area contributed by atoms with Crippen LogP contribution in [0.3, 0.4) is 0 Å². The summed E-state index contributed by atoms with van der Waals surface area (Å²) in [6.07, 6.45) is 4.30. The molecule has 1 aliphatic heterocycles. The van der Waals surface area contributed by atoms with E-state index in [4.69, 9.17) is 0 Å². The van der Waals surface area contributed by atoms with Crippen molar-refractivity contribution in [3.8, 4) is 0 Å². The Labute approximate surface area is 138 Å². The van der Waals surface area contributed by atoms with Gasteiger partial charge in [-0.3, -0.25) is 4.79 Å². The Kier molecular flexibility index (Phi) is 4.76. The maximum absolute atomic E-state index is 12.4. The van der Waals surface area contributed by atoms with Crippen LogP contribution in [0.2, 0.25) is 0 Å². The predicted octanol–water partition coefficient (Wildman–Crippen LogP) is 2.67. The fourth-order valence-electron chi connectivity index (χ4n) is 3.91. The Balaban J connectivity index is 1.62. The van der Waals surface area contributed by atoms with Gasteiger partial charge in [-0.15, -0.1) is 0 Å². The molecule has 1 amide bonds. The molecule has 1 atom stereocenters. The minimum absolute atomic E-state index is 0.215. The molecule has 1 aromatic rings. The smallest absolute Gasteiger partial charge is 0.237 e. The van der Waals surface area contributed by atoms with Gasteiger partial charge in [0.1, 0.15) is 5.75 Å². The molecule has 1 heterocycles. The van der Waals surface area contributed by atoms with Crippen molar-refractivity contribution < 1.29 is 13.2 Å². The molecular weight excluding hydrogens is 310 g/mol. The minimum atomic E-state index is -3.28. The second-order valence-corrected chi connectivity index (χ2v) is 9.18. The molecule has 0 unspecified atom stereocenters. The fraction of sp³-hybridized carbons (Fsp3) is 0.611. The molecule has 1 saturated heterocycles. The lowest BCUT2D eigenvalue weighted by Gasteiger charge is -2.19. The predicted molar refractivity (Wildman–Crippen MR) is 91.2 cm³/mol. The van der Waals surface area contributed by atoms with E-state index in [0.717, 1.165) is 32.1 Å². The molecule has 2 aliphatic rings. The Morgan fingerprint density at radius 2 is 1.87 bits per heavy atom. The van der Waals surface area contributed by atoms with Crippen molar-refractivity contribution >= 4 is 15.7 Å². The van der Waals surface area contributed by atoms with Gasteiger partial charge >= 0.3 is 0 Å². The molecule has 5 heteroatoms. The first-order chi connectivity index (χ1) is 11.0. The van der Waals surface area contributed by atoms with Crippen LogP contribution in [0.5, 0.6) is 0 Å². The highest BCUT2D eigenvalue weighted by atomic mass is 32.2. The lowest BCUT2D eigenvalue weighted by Crippen LogP contribution is -2.36. The molecule has 23 heavy (non-hydrogen) atoms. The molecule has 0 aromatic heterocycles. The summed E-state index contributed by atoms with van der Waals surface area (Å²) >= 11 is 0. The summed E-state index contributed by atoms with van der Waals surface area (Å²) in [4.78, 5) is 14.2.